The first kappa shape index (κ1) is 23.7. The molecule has 0 atom stereocenters. The predicted molar refractivity (Wildman–Crippen MR) is 71.2 cm³/mol. The first-order valence-electron chi connectivity index (χ1n) is 6.91. The van der Waals surface area contributed by atoms with E-state index in [1.54, 1.807) is 0 Å². The molecule has 0 heterocycles. The van der Waals surface area contributed by atoms with Gasteiger partial charge < -0.3 is 4.74 Å². The van der Waals surface area contributed by atoms with Gasteiger partial charge in [-0.15, -0.1) is 0 Å². The Labute approximate surface area is 149 Å². The van der Waals surface area contributed by atoms with Crippen LogP contribution >= 0.6 is 0 Å². The molecule has 0 saturated carbocycles. The van der Waals surface area contributed by atoms with Gasteiger partial charge in [-0.3, -0.25) is 0 Å². The summed E-state index contributed by atoms with van der Waals surface area (Å²) in [6.45, 7) is 2.90. The zero-order valence-corrected chi connectivity index (χ0v) is 13.3. The summed E-state index contributed by atoms with van der Waals surface area (Å²) in [4.78, 5) is 11.4. The Morgan fingerprint density at radius 2 is 1.25 bits per heavy atom. The van der Waals surface area contributed by atoms with Gasteiger partial charge in [-0.05, 0) is 5.56 Å². The maximum absolute atomic E-state index is 13.4. The number of halogens is 11. The van der Waals surface area contributed by atoms with Crippen molar-refractivity contribution in [1.29, 1.82) is 0 Å². The second kappa shape index (κ2) is 7.24. The molecule has 0 bridgehead atoms. The summed E-state index contributed by atoms with van der Waals surface area (Å²) in [6.07, 6.45) is -14.6. The van der Waals surface area contributed by atoms with Gasteiger partial charge in [0, 0.05) is 12.0 Å². The van der Waals surface area contributed by atoms with Gasteiger partial charge in [0.2, 0.25) is 0 Å². The topological polar surface area (TPSA) is 26.3 Å². The maximum Gasteiger partial charge on any atom is 0.473 e. The number of alkyl halides is 11. The van der Waals surface area contributed by atoms with Crippen molar-refractivity contribution in [3.8, 4) is 0 Å². The van der Waals surface area contributed by atoms with Gasteiger partial charge in [-0.1, -0.05) is 36.9 Å². The van der Waals surface area contributed by atoms with Crippen LogP contribution in [0.25, 0.3) is 0 Å². The van der Waals surface area contributed by atoms with Gasteiger partial charge in [0.1, 0.15) is 0 Å². The molecule has 0 radical (unpaired) electrons. The van der Waals surface area contributed by atoms with Crippen LogP contribution in [0.2, 0.25) is 0 Å². The van der Waals surface area contributed by atoms with Crippen molar-refractivity contribution < 1.29 is 57.8 Å². The van der Waals surface area contributed by atoms with Crippen molar-refractivity contribution in [1.82, 2.24) is 0 Å². The average Bonchev–Trinajstić information content (AvgIpc) is 2.53. The molecule has 2 nitrogen and oxygen atoms in total. The van der Waals surface area contributed by atoms with E-state index in [9.17, 15) is 53.1 Å². The Morgan fingerprint density at radius 1 is 0.786 bits per heavy atom. The molecule has 0 aliphatic rings. The van der Waals surface area contributed by atoms with Crippen molar-refractivity contribution >= 4 is 5.97 Å². The molecule has 1 aromatic rings. The number of hydrogen-bond acceptors (Lipinski definition) is 2. The molecule has 13 heteroatoms. The van der Waals surface area contributed by atoms with Crippen LogP contribution in [0.5, 0.6) is 0 Å². The monoisotopic (exact) mass is 430 g/mol. The van der Waals surface area contributed by atoms with Crippen molar-refractivity contribution in [2.75, 3.05) is 0 Å². The Morgan fingerprint density at radius 3 is 1.68 bits per heavy atom. The quantitative estimate of drug-likeness (QED) is 0.330. The van der Waals surface area contributed by atoms with E-state index in [0.717, 1.165) is 0 Å². The van der Waals surface area contributed by atoms with Crippen LogP contribution in [0.15, 0.2) is 42.5 Å². The molecule has 158 valence electrons. The second-order valence-electron chi connectivity index (χ2n) is 5.39. The predicted octanol–water partition coefficient (Wildman–Crippen LogP) is 5.39. The molecule has 28 heavy (non-hydrogen) atoms. The Balaban J connectivity index is 3.09. The number of rotatable bonds is 7. The fourth-order valence-corrected chi connectivity index (χ4v) is 1.73. The third-order valence-corrected chi connectivity index (χ3v) is 3.28. The van der Waals surface area contributed by atoms with E-state index in [1.165, 1.54) is 30.3 Å². The van der Waals surface area contributed by atoms with Gasteiger partial charge in [-0.25, -0.2) is 4.79 Å². The highest BCUT2D eigenvalue weighted by Crippen LogP contribution is 2.57. The third-order valence-electron chi connectivity index (χ3n) is 3.28. The van der Waals surface area contributed by atoms with Crippen molar-refractivity contribution in [2.45, 2.75) is 36.5 Å². The van der Waals surface area contributed by atoms with Crippen molar-refractivity contribution in [3.05, 3.63) is 48.0 Å². The number of esters is 1. The second-order valence-corrected chi connectivity index (χ2v) is 5.39. The number of carbonyl (C=O) groups is 1. The van der Waals surface area contributed by atoms with Crippen LogP contribution in [0.1, 0.15) is 5.56 Å². The number of benzene rings is 1. The number of ether oxygens (including phenoxy) is 1. The van der Waals surface area contributed by atoms with Crippen LogP contribution in [0, 0.1) is 0 Å². The maximum atomic E-state index is 13.4. The fourth-order valence-electron chi connectivity index (χ4n) is 1.73. The summed E-state index contributed by atoms with van der Waals surface area (Å²) in [6, 6.07) is 6.97. The lowest BCUT2D eigenvalue weighted by Crippen LogP contribution is -2.67. The van der Waals surface area contributed by atoms with Gasteiger partial charge in [0.15, 0.2) is 0 Å². The molecule has 0 saturated heterocycles. The third kappa shape index (κ3) is 4.07. The Bertz CT molecular complexity index is 723. The summed E-state index contributed by atoms with van der Waals surface area (Å²) in [7, 11) is 0. The minimum absolute atomic E-state index is 0.216. The molecule has 1 rings (SSSR count). The molecule has 0 aromatic heterocycles. The van der Waals surface area contributed by atoms with Gasteiger partial charge in [0.05, 0.1) is 0 Å². The van der Waals surface area contributed by atoms with Crippen LogP contribution < -0.4 is 0 Å². The molecule has 0 amide bonds. The molecule has 0 fully saturated rings. The minimum Gasteiger partial charge on any atom is -0.393 e. The van der Waals surface area contributed by atoms with E-state index in [4.69, 9.17) is 0 Å². The van der Waals surface area contributed by atoms with E-state index in [1.807, 2.05) is 0 Å². The normalized spacial score (nSPS) is 14.0. The first-order valence-corrected chi connectivity index (χ1v) is 6.91. The summed E-state index contributed by atoms with van der Waals surface area (Å²) >= 11 is 0. The van der Waals surface area contributed by atoms with Crippen molar-refractivity contribution in [3.63, 3.8) is 0 Å². The SMILES string of the molecule is C=C(Cc1ccccc1)C(=O)OC(F)(F)C(F)(F)C(F)(F)C(F)(F)C(F)(F)F. The van der Waals surface area contributed by atoms with Crippen LogP contribution in [0.4, 0.5) is 48.3 Å². The lowest BCUT2D eigenvalue weighted by atomic mass is 10.0. The van der Waals surface area contributed by atoms with Gasteiger partial charge in [-0.2, -0.15) is 48.3 Å². The van der Waals surface area contributed by atoms with E-state index in [2.05, 4.69) is 11.3 Å². The van der Waals surface area contributed by atoms with E-state index >= 15 is 0 Å². The number of hydrogen-bond donors (Lipinski definition) is 0. The largest absolute Gasteiger partial charge is 0.473 e. The zero-order chi connectivity index (χ0) is 22.2. The van der Waals surface area contributed by atoms with Crippen LogP contribution in [-0.2, 0) is 16.0 Å². The lowest BCUT2D eigenvalue weighted by Gasteiger charge is -2.36. The highest BCUT2D eigenvalue weighted by Gasteiger charge is 2.88. The van der Waals surface area contributed by atoms with E-state index in [-0.39, 0.29) is 5.56 Å². The smallest absolute Gasteiger partial charge is 0.393 e. The summed E-state index contributed by atoms with van der Waals surface area (Å²) in [5, 5.41) is 0. The first-order chi connectivity index (χ1) is 12.4. The molecular formula is C15H9F11O2. The standard InChI is InChI=1S/C15H9F11O2/c1-8(7-9-5-3-2-4-6-9)10(27)28-15(25,26)13(20,21)11(16,17)12(18,19)14(22,23)24/h2-6H,1,7H2. The number of carbonyl (C=O) groups excluding carboxylic acids is 1. The van der Waals surface area contributed by atoms with Crippen molar-refractivity contribution in [2.24, 2.45) is 0 Å². The molecule has 0 aliphatic heterocycles. The minimum atomic E-state index is -7.65. The van der Waals surface area contributed by atoms with Gasteiger partial charge in [0.25, 0.3) is 0 Å². The molecular weight excluding hydrogens is 421 g/mol. The molecule has 0 unspecified atom stereocenters. The summed E-state index contributed by atoms with van der Waals surface area (Å²) in [5.74, 6) is -25.0. The van der Waals surface area contributed by atoms with Gasteiger partial charge >= 0.3 is 36.0 Å². The molecule has 0 spiro atoms. The Kier molecular flexibility index (Phi) is 6.13. The summed E-state index contributed by atoms with van der Waals surface area (Å²) < 4.78 is 143. The van der Waals surface area contributed by atoms with Crippen LogP contribution in [-0.4, -0.2) is 36.0 Å². The van der Waals surface area contributed by atoms with Crippen LogP contribution in [0.3, 0.4) is 0 Å². The lowest BCUT2D eigenvalue weighted by molar-refractivity contribution is -0.449. The molecule has 0 aliphatic carbocycles. The molecule has 0 N–H and O–H groups in total. The fraction of sp³-hybridized carbons (Fsp3) is 0.400. The average molecular weight is 430 g/mol. The van der Waals surface area contributed by atoms with E-state index < -0.39 is 48.0 Å². The summed E-state index contributed by atoms with van der Waals surface area (Å²) in [5.41, 5.74) is -0.763. The highest BCUT2D eigenvalue weighted by molar-refractivity contribution is 5.88. The highest BCUT2D eigenvalue weighted by atomic mass is 19.4. The van der Waals surface area contributed by atoms with E-state index in [0.29, 0.717) is 0 Å². The Hall–Kier alpha value is -2.34. The zero-order valence-electron chi connectivity index (χ0n) is 13.3. The molecule has 1 aromatic carbocycles.